The summed E-state index contributed by atoms with van der Waals surface area (Å²) in [5.74, 6) is -3.40. The first-order valence-corrected chi connectivity index (χ1v) is 13.4. The van der Waals surface area contributed by atoms with E-state index in [9.17, 15) is 34.5 Å². The lowest BCUT2D eigenvalue weighted by atomic mass is 9.94. The van der Waals surface area contributed by atoms with Gasteiger partial charge in [0.15, 0.2) is 11.5 Å². The lowest BCUT2D eigenvalue weighted by Crippen LogP contribution is -2.46. The van der Waals surface area contributed by atoms with Gasteiger partial charge in [-0.2, -0.15) is 0 Å². The number of carboxylic acid groups (broad SMARTS) is 1. The van der Waals surface area contributed by atoms with Crippen LogP contribution in [-0.4, -0.2) is 77.5 Å². The summed E-state index contributed by atoms with van der Waals surface area (Å²) in [4.78, 5) is 50.9. The average molecular weight is 610 g/mol. The van der Waals surface area contributed by atoms with Gasteiger partial charge in [0.2, 0.25) is 5.91 Å². The Labute approximate surface area is 253 Å². The van der Waals surface area contributed by atoms with Crippen LogP contribution in [-0.2, 0) is 36.9 Å². The molecule has 234 valence electrons. The first-order valence-electron chi connectivity index (χ1n) is 13.4. The second kappa shape index (κ2) is 14.7. The number of rotatable bonds is 12. The van der Waals surface area contributed by atoms with Gasteiger partial charge in [0.05, 0.1) is 14.2 Å². The van der Waals surface area contributed by atoms with E-state index in [1.807, 2.05) is 6.07 Å². The zero-order chi connectivity index (χ0) is 32.6. The number of ether oxygens (including phenoxy) is 3. The summed E-state index contributed by atoms with van der Waals surface area (Å²) in [6, 6.07) is 12.1. The lowest BCUT2D eigenvalue weighted by molar-refractivity contribution is -0.142. The summed E-state index contributed by atoms with van der Waals surface area (Å²) in [6.07, 6.45) is -0.896. The van der Waals surface area contributed by atoms with Crippen molar-refractivity contribution in [3.05, 3.63) is 77.4 Å². The minimum absolute atomic E-state index is 0.0220. The molecule has 44 heavy (non-hydrogen) atoms. The molecular weight excluding hydrogens is 574 g/mol. The number of hydrogen-bond donors (Lipinski definition) is 5. The lowest BCUT2D eigenvalue weighted by Gasteiger charge is -2.28. The Balaban J connectivity index is 2.07. The van der Waals surface area contributed by atoms with Gasteiger partial charge in [-0.25, -0.2) is 4.79 Å². The molecule has 0 aliphatic rings. The van der Waals surface area contributed by atoms with Crippen LogP contribution in [0.3, 0.4) is 0 Å². The predicted octanol–water partition coefficient (Wildman–Crippen LogP) is 2.72. The van der Waals surface area contributed by atoms with Crippen molar-refractivity contribution in [1.29, 1.82) is 0 Å². The molecule has 0 unspecified atom stereocenters. The van der Waals surface area contributed by atoms with Gasteiger partial charge in [0, 0.05) is 18.2 Å². The van der Waals surface area contributed by atoms with E-state index in [0.29, 0.717) is 11.1 Å². The summed E-state index contributed by atoms with van der Waals surface area (Å²) in [6.45, 7) is 1.19. The molecular formula is C31H35N3O10. The van der Waals surface area contributed by atoms with Crippen molar-refractivity contribution in [1.82, 2.24) is 10.2 Å². The molecule has 0 heterocycles. The van der Waals surface area contributed by atoms with E-state index in [-0.39, 0.29) is 47.0 Å². The van der Waals surface area contributed by atoms with Crippen molar-refractivity contribution in [3.63, 3.8) is 0 Å². The van der Waals surface area contributed by atoms with Crippen molar-refractivity contribution < 1.29 is 48.7 Å². The summed E-state index contributed by atoms with van der Waals surface area (Å²) >= 11 is 0. The molecule has 0 bridgehead atoms. The fourth-order valence-electron chi connectivity index (χ4n) is 4.46. The summed E-state index contributed by atoms with van der Waals surface area (Å²) in [7, 11) is 3.82. The number of aromatic hydroxyl groups is 2. The molecule has 2 amide bonds. The van der Waals surface area contributed by atoms with Crippen LogP contribution in [0.5, 0.6) is 17.2 Å². The van der Waals surface area contributed by atoms with Gasteiger partial charge in [-0.05, 0) is 54.3 Å². The molecule has 0 fully saturated rings. The van der Waals surface area contributed by atoms with Crippen LogP contribution in [0.1, 0.15) is 29.7 Å². The van der Waals surface area contributed by atoms with Gasteiger partial charge in [0.25, 0.3) is 0 Å². The van der Waals surface area contributed by atoms with Crippen molar-refractivity contribution in [2.24, 2.45) is 5.73 Å². The SMILES string of the molecule is COC(=O)[C@@H](N)Cc1cc(O)c(OC)c(-c2cc([C@@H](C(=O)N[C@@H](C)C(=O)O)N(C)C(=O)OCc3ccccc3)ccc2O)c1. The van der Waals surface area contributed by atoms with Crippen LogP contribution in [0, 0.1) is 0 Å². The van der Waals surface area contributed by atoms with Crippen LogP contribution >= 0.6 is 0 Å². The van der Waals surface area contributed by atoms with Crippen molar-refractivity contribution in [3.8, 4) is 28.4 Å². The number of nitrogens with zero attached hydrogens (tertiary/aromatic N) is 1. The number of amides is 2. The van der Waals surface area contributed by atoms with E-state index >= 15 is 0 Å². The third-order valence-corrected chi connectivity index (χ3v) is 6.78. The second-order valence-electron chi connectivity index (χ2n) is 9.93. The number of carbonyl (C=O) groups excluding carboxylic acids is 3. The minimum atomic E-state index is -1.41. The van der Waals surface area contributed by atoms with Crippen LogP contribution in [0.4, 0.5) is 4.79 Å². The fourth-order valence-corrected chi connectivity index (χ4v) is 4.46. The first-order chi connectivity index (χ1) is 20.9. The Morgan fingerprint density at radius 2 is 1.61 bits per heavy atom. The van der Waals surface area contributed by atoms with Gasteiger partial charge in [-0.1, -0.05) is 36.4 Å². The van der Waals surface area contributed by atoms with Gasteiger partial charge in [-0.15, -0.1) is 0 Å². The maximum atomic E-state index is 13.4. The van der Waals surface area contributed by atoms with Crippen molar-refractivity contribution in [2.75, 3.05) is 21.3 Å². The number of esters is 1. The number of benzene rings is 3. The predicted molar refractivity (Wildman–Crippen MR) is 158 cm³/mol. The highest BCUT2D eigenvalue weighted by atomic mass is 16.6. The number of likely N-dealkylation sites (N-methyl/N-ethyl adjacent to an activating group) is 1. The number of methoxy groups -OCH3 is 2. The maximum Gasteiger partial charge on any atom is 0.410 e. The highest BCUT2D eigenvalue weighted by molar-refractivity contribution is 5.91. The van der Waals surface area contributed by atoms with Crippen LogP contribution in [0.2, 0.25) is 0 Å². The molecule has 3 rings (SSSR count). The molecule has 0 radical (unpaired) electrons. The molecule has 0 saturated heterocycles. The Kier molecular flexibility index (Phi) is 11.1. The van der Waals surface area contributed by atoms with E-state index in [2.05, 4.69) is 10.1 Å². The topological polar surface area (TPSA) is 198 Å². The molecule has 3 aromatic carbocycles. The smallest absolute Gasteiger partial charge is 0.410 e. The molecule has 6 N–H and O–H groups in total. The molecule has 0 aliphatic heterocycles. The first kappa shape index (κ1) is 33.2. The molecule has 0 spiro atoms. The van der Waals surface area contributed by atoms with Gasteiger partial charge < -0.3 is 40.6 Å². The number of carbonyl (C=O) groups is 4. The number of carboxylic acids is 1. The largest absolute Gasteiger partial charge is 0.507 e. The Morgan fingerprint density at radius 1 is 0.932 bits per heavy atom. The van der Waals surface area contributed by atoms with E-state index < -0.39 is 42.1 Å². The Morgan fingerprint density at radius 3 is 2.23 bits per heavy atom. The van der Waals surface area contributed by atoms with Gasteiger partial charge in [0.1, 0.15) is 30.5 Å². The molecule has 0 saturated carbocycles. The quantitative estimate of drug-likeness (QED) is 0.189. The summed E-state index contributed by atoms with van der Waals surface area (Å²) in [5.41, 5.74) is 7.48. The van der Waals surface area contributed by atoms with Crippen LogP contribution in [0.15, 0.2) is 60.7 Å². The number of phenols is 2. The zero-order valence-corrected chi connectivity index (χ0v) is 24.6. The van der Waals surface area contributed by atoms with Crippen molar-refractivity contribution >= 4 is 23.9 Å². The fraction of sp³-hybridized carbons (Fsp3) is 0.290. The molecule has 0 aromatic heterocycles. The summed E-state index contributed by atoms with van der Waals surface area (Å²) < 4.78 is 15.5. The molecule has 0 aliphatic carbocycles. The second-order valence-corrected chi connectivity index (χ2v) is 9.93. The number of hydrogen-bond acceptors (Lipinski definition) is 10. The molecule has 3 aromatic rings. The Hall–Kier alpha value is -5.30. The van der Waals surface area contributed by atoms with Crippen LogP contribution < -0.4 is 15.8 Å². The highest BCUT2D eigenvalue weighted by Crippen LogP contribution is 2.43. The van der Waals surface area contributed by atoms with E-state index in [4.69, 9.17) is 15.2 Å². The maximum absolute atomic E-state index is 13.4. The number of aliphatic carboxylic acids is 1. The number of phenolic OH excluding ortho intramolecular Hbond substituents is 2. The van der Waals surface area contributed by atoms with Gasteiger partial charge in [-0.3, -0.25) is 19.3 Å². The highest BCUT2D eigenvalue weighted by Gasteiger charge is 2.32. The minimum Gasteiger partial charge on any atom is -0.507 e. The van der Waals surface area contributed by atoms with Crippen LogP contribution in [0.25, 0.3) is 11.1 Å². The normalized spacial score (nSPS) is 12.8. The van der Waals surface area contributed by atoms with E-state index in [0.717, 1.165) is 4.90 Å². The van der Waals surface area contributed by atoms with Gasteiger partial charge >= 0.3 is 18.0 Å². The number of nitrogens with one attached hydrogen (secondary N) is 1. The monoisotopic (exact) mass is 609 g/mol. The van der Waals surface area contributed by atoms with E-state index in [1.165, 1.54) is 52.5 Å². The molecule has 3 atom stereocenters. The number of nitrogens with two attached hydrogens (primary N) is 1. The third-order valence-electron chi connectivity index (χ3n) is 6.78. The average Bonchev–Trinajstić information content (AvgIpc) is 3.00. The third kappa shape index (κ3) is 7.95. The van der Waals surface area contributed by atoms with E-state index in [1.54, 1.807) is 30.3 Å². The molecule has 13 nitrogen and oxygen atoms in total. The summed E-state index contributed by atoms with van der Waals surface area (Å²) in [5, 5.41) is 33.3. The van der Waals surface area contributed by atoms with Crippen molar-refractivity contribution in [2.45, 2.75) is 38.1 Å². The Bertz CT molecular complexity index is 1510. The zero-order valence-electron chi connectivity index (χ0n) is 24.6. The molecule has 13 heteroatoms. The standard InChI is InChI=1S/C31H35N3O10/c1-17(29(38)39)33-28(37)26(34(2)31(41)44-16-18-8-6-5-7-9-18)20-10-11-24(35)21(15-20)22-12-19(13-23(32)30(40)43-4)14-25(36)27(22)42-3/h5-12,14-15,17,23,26,35-36H,13,16,32H2,1-4H3,(H,33,37)(H,38,39)/t17-,23-,26-/m0/s1.